The van der Waals surface area contributed by atoms with Crippen LogP contribution in [0.15, 0.2) is 59.0 Å². The fourth-order valence-electron chi connectivity index (χ4n) is 1.98. The summed E-state index contributed by atoms with van der Waals surface area (Å²) in [6, 6.07) is 14.2. The van der Waals surface area contributed by atoms with Crippen molar-refractivity contribution in [2.24, 2.45) is 0 Å². The summed E-state index contributed by atoms with van der Waals surface area (Å²) in [5, 5.41) is 11.1. The lowest BCUT2D eigenvalue weighted by molar-refractivity contribution is 0.102. The Morgan fingerprint density at radius 2 is 1.81 bits per heavy atom. The molecule has 0 saturated heterocycles. The molecule has 3 aromatic rings. The molecule has 2 aromatic carbocycles. The number of nitrogens with one attached hydrogen (secondary N) is 2. The van der Waals surface area contributed by atoms with Gasteiger partial charge in [-0.1, -0.05) is 18.2 Å². The summed E-state index contributed by atoms with van der Waals surface area (Å²) in [5.41, 5.74) is 0.904. The smallest absolute Gasteiger partial charge is 0.261 e. The highest BCUT2D eigenvalue weighted by molar-refractivity contribution is 6.05. The van der Waals surface area contributed by atoms with E-state index in [2.05, 4.69) is 5.32 Å². The zero-order chi connectivity index (χ0) is 14.8. The van der Waals surface area contributed by atoms with Gasteiger partial charge in [0.15, 0.2) is 0 Å². The number of carbonyl (C=O) groups is 1. The minimum Gasteiger partial charge on any atom is -0.438 e. The van der Waals surface area contributed by atoms with Crippen LogP contribution in [0, 0.1) is 11.2 Å². The molecular weight excluding hydrogens is 271 g/mol. The van der Waals surface area contributed by atoms with Crippen LogP contribution in [-0.4, -0.2) is 5.91 Å². The second-order valence-electron chi connectivity index (χ2n) is 4.49. The number of rotatable bonds is 2. The molecule has 1 amide bonds. The van der Waals surface area contributed by atoms with E-state index >= 15 is 0 Å². The van der Waals surface area contributed by atoms with Crippen LogP contribution in [0.1, 0.15) is 10.4 Å². The van der Waals surface area contributed by atoms with Crippen molar-refractivity contribution < 1.29 is 13.6 Å². The topological polar surface area (TPSA) is 66.1 Å². The first-order valence-corrected chi connectivity index (χ1v) is 6.28. The number of hydrogen-bond donors (Lipinski definition) is 2. The van der Waals surface area contributed by atoms with Gasteiger partial charge in [-0.15, -0.1) is 0 Å². The lowest BCUT2D eigenvalue weighted by Gasteiger charge is -2.06. The molecule has 0 aliphatic carbocycles. The molecule has 0 atom stereocenters. The zero-order valence-electron chi connectivity index (χ0n) is 10.9. The van der Waals surface area contributed by atoms with Gasteiger partial charge in [0.1, 0.15) is 17.0 Å². The summed E-state index contributed by atoms with van der Waals surface area (Å²) >= 11 is 0. The van der Waals surface area contributed by atoms with Crippen LogP contribution in [0.5, 0.6) is 0 Å². The van der Waals surface area contributed by atoms with Crippen molar-refractivity contribution in [3.8, 4) is 0 Å². The third-order valence-corrected chi connectivity index (χ3v) is 3.02. The van der Waals surface area contributed by atoms with Gasteiger partial charge in [0.25, 0.3) is 5.91 Å². The van der Waals surface area contributed by atoms with Gasteiger partial charge in [0, 0.05) is 11.1 Å². The molecule has 0 aliphatic rings. The van der Waals surface area contributed by atoms with Crippen molar-refractivity contribution in [3.05, 3.63) is 71.5 Å². The number of benzene rings is 2. The minimum atomic E-state index is -0.471. The molecular formula is C16H11FN2O2. The quantitative estimate of drug-likeness (QED) is 0.757. The maximum Gasteiger partial charge on any atom is 0.261 e. The number of para-hydroxylation sites is 1. The highest BCUT2D eigenvalue weighted by Gasteiger charge is 2.11. The van der Waals surface area contributed by atoms with Crippen molar-refractivity contribution in [1.29, 1.82) is 5.41 Å². The predicted molar refractivity (Wildman–Crippen MR) is 76.4 cm³/mol. The van der Waals surface area contributed by atoms with E-state index < -0.39 is 5.91 Å². The van der Waals surface area contributed by atoms with Gasteiger partial charge in [-0.3, -0.25) is 10.2 Å². The highest BCUT2D eigenvalue weighted by Crippen LogP contribution is 2.14. The number of carbonyl (C=O) groups excluding carboxylic acids is 1. The van der Waals surface area contributed by atoms with Gasteiger partial charge in [-0.2, -0.15) is 0 Å². The van der Waals surface area contributed by atoms with E-state index in [1.54, 1.807) is 24.3 Å². The van der Waals surface area contributed by atoms with Gasteiger partial charge in [-0.25, -0.2) is 4.39 Å². The summed E-state index contributed by atoms with van der Waals surface area (Å²) < 4.78 is 18.1. The van der Waals surface area contributed by atoms with Gasteiger partial charge in [0.05, 0.1) is 0 Å². The molecule has 0 saturated carbocycles. The molecule has 0 bridgehead atoms. The molecule has 1 aromatic heterocycles. The molecule has 104 valence electrons. The van der Waals surface area contributed by atoms with Crippen LogP contribution in [0.2, 0.25) is 0 Å². The Bertz CT molecular complexity index is 869. The lowest BCUT2D eigenvalue weighted by Crippen LogP contribution is -2.20. The van der Waals surface area contributed by atoms with Gasteiger partial charge >= 0.3 is 0 Å². The first-order valence-electron chi connectivity index (χ1n) is 6.28. The molecule has 1 heterocycles. The van der Waals surface area contributed by atoms with E-state index in [4.69, 9.17) is 9.83 Å². The Morgan fingerprint density at radius 1 is 1.10 bits per heavy atom. The summed E-state index contributed by atoms with van der Waals surface area (Å²) in [6.45, 7) is 0. The van der Waals surface area contributed by atoms with Crippen molar-refractivity contribution in [2.45, 2.75) is 0 Å². The van der Waals surface area contributed by atoms with Crippen LogP contribution in [0.4, 0.5) is 10.1 Å². The first-order chi connectivity index (χ1) is 10.1. The molecule has 21 heavy (non-hydrogen) atoms. The van der Waals surface area contributed by atoms with E-state index in [0.29, 0.717) is 11.3 Å². The Hall–Kier alpha value is -2.95. The summed E-state index contributed by atoms with van der Waals surface area (Å²) in [6.07, 6.45) is 0. The van der Waals surface area contributed by atoms with Crippen LogP contribution in [-0.2, 0) is 0 Å². The van der Waals surface area contributed by atoms with E-state index in [1.165, 1.54) is 24.3 Å². The Labute approximate surface area is 119 Å². The summed E-state index contributed by atoms with van der Waals surface area (Å²) in [7, 11) is 0. The third-order valence-electron chi connectivity index (χ3n) is 3.02. The van der Waals surface area contributed by atoms with E-state index in [9.17, 15) is 9.18 Å². The van der Waals surface area contributed by atoms with Crippen molar-refractivity contribution in [2.75, 3.05) is 5.32 Å². The second-order valence-corrected chi connectivity index (χ2v) is 4.49. The van der Waals surface area contributed by atoms with Crippen LogP contribution in [0.3, 0.4) is 0 Å². The van der Waals surface area contributed by atoms with E-state index in [0.717, 1.165) is 5.39 Å². The fourth-order valence-corrected chi connectivity index (χ4v) is 1.98. The van der Waals surface area contributed by atoms with Crippen LogP contribution >= 0.6 is 0 Å². The third kappa shape index (κ3) is 2.67. The number of halogens is 1. The normalized spacial score (nSPS) is 10.5. The molecule has 2 N–H and O–H groups in total. The average molecular weight is 282 g/mol. The van der Waals surface area contributed by atoms with Crippen molar-refractivity contribution >= 4 is 22.6 Å². The zero-order valence-corrected chi connectivity index (χ0v) is 10.9. The molecule has 3 rings (SSSR count). The van der Waals surface area contributed by atoms with E-state index in [-0.39, 0.29) is 16.9 Å². The SMILES string of the molecule is N=c1oc2ccccc2cc1C(=O)Nc1ccc(F)cc1. The maximum atomic E-state index is 12.8. The van der Waals surface area contributed by atoms with Crippen molar-refractivity contribution in [3.63, 3.8) is 0 Å². The van der Waals surface area contributed by atoms with Gasteiger partial charge < -0.3 is 9.73 Å². The largest absolute Gasteiger partial charge is 0.438 e. The average Bonchev–Trinajstić information content (AvgIpc) is 2.49. The summed E-state index contributed by atoms with van der Waals surface area (Å²) in [5.74, 6) is -0.851. The fraction of sp³-hybridized carbons (Fsp3) is 0. The van der Waals surface area contributed by atoms with Gasteiger partial charge in [0.2, 0.25) is 5.55 Å². The number of anilines is 1. The predicted octanol–water partition coefficient (Wildman–Crippen LogP) is 3.30. The maximum absolute atomic E-state index is 12.8. The lowest BCUT2D eigenvalue weighted by atomic mass is 10.1. The highest BCUT2D eigenvalue weighted by atomic mass is 19.1. The number of fused-ring (bicyclic) bond motifs is 1. The monoisotopic (exact) mass is 282 g/mol. The van der Waals surface area contributed by atoms with Crippen LogP contribution in [0.25, 0.3) is 11.0 Å². The Kier molecular flexibility index (Phi) is 3.23. The van der Waals surface area contributed by atoms with Crippen molar-refractivity contribution in [1.82, 2.24) is 0 Å². The standard InChI is InChI=1S/C16H11FN2O2/c17-11-5-7-12(8-6-11)19-16(20)13-9-10-3-1-2-4-14(10)21-15(13)18/h1-9,18H,(H,19,20). The minimum absolute atomic E-state index is 0.123. The Morgan fingerprint density at radius 3 is 2.57 bits per heavy atom. The molecule has 0 spiro atoms. The second kappa shape index (κ2) is 5.20. The van der Waals surface area contributed by atoms with Gasteiger partial charge in [-0.05, 0) is 36.4 Å². The number of hydrogen-bond acceptors (Lipinski definition) is 3. The molecule has 0 unspecified atom stereocenters. The Balaban J connectivity index is 1.95. The molecule has 0 fully saturated rings. The molecule has 5 heteroatoms. The molecule has 4 nitrogen and oxygen atoms in total. The number of amides is 1. The van der Waals surface area contributed by atoms with E-state index in [1.807, 2.05) is 6.07 Å². The van der Waals surface area contributed by atoms with Crippen LogP contribution < -0.4 is 10.9 Å². The first kappa shape index (κ1) is 13.1. The summed E-state index contributed by atoms with van der Waals surface area (Å²) in [4.78, 5) is 12.2. The molecule has 0 radical (unpaired) electrons. The molecule has 0 aliphatic heterocycles.